The first kappa shape index (κ1) is 13.9. The summed E-state index contributed by atoms with van der Waals surface area (Å²) >= 11 is 0. The second-order valence-electron chi connectivity index (χ2n) is 5.77. The van der Waals surface area contributed by atoms with Gasteiger partial charge < -0.3 is 10.6 Å². The molecule has 6 heteroatoms. The summed E-state index contributed by atoms with van der Waals surface area (Å²) in [5, 5.41) is 5.86. The maximum Gasteiger partial charge on any atom is 0.325 e. The second-order valence-corrected chi connectivity index (χ2v) is 5.77. The lowest BCUT2D eigenvalue weighted by atomic mass is 9.82. The van der Waals surface area contributed by atoms with Gasteiger partial charge in [0.15, 0.2) is 0 Å². The van der Waals surface area contributed by atoms with Crippen LogP contribution < -0.4 is 10.6 Å². The van der Waals surface area contributed by atoms with Crippen LogP contribution in [-0.4, -0.2) is 34.4 Å². The van der Waals surface area contributed by atoms with Crippen LogP contribution in [0.5, 0.6) is 0 Å². The fourth-order valence-corrected chi connectivity index (χ4v) is 3.16. The number of anilines is 1. The number of rotatable bonds is 3. The Morgan fingerprint density at radius 2 is 2.05 bits per heavy atom. The molecule has 1 saturated carbocycles. The molecule has 1 aromatic rings. The molecule has 0 unspecified atom stereocenters. The molecule has 3 amide bonds. The Bertz CT molecular complexity index is 549. The van der Waals surface area contributed by atoms with Crippen LogP contribution in [-0.2, 0) is 11.3 Å². The van der Waals surface area contributed by atoms with Crippen LogP contribution in [0.1, 0.15) is 37.7 Å². The molecule has 1 spiro atoms. The summed E-state index contributed by atoms with van der Waals surface area (Å²) in [5.74, 6) is 0.685. The number of carbonyl (C=O) groups excluding carboxylic acids is 2. The lowest BCUT2D eigenvalue weighted by Gasteiger charge is -2.30. The molecule has 2 N–H and O–H groups in total. The highest BCUT2D eigenvalue weighted by Gasteiger charge is 2.51. The van der Waals surface area contributed by atoms with Crippen LogP contribution in [0.25, 0.3) is 0 Å². The minimum absolute atomic E-state index is 0.0788. The Morgan fingerprint density at radius 3 is 2.67 bits per heavy atom. The fourth-order valence-electron chi connectivity index (χ4n) is 3.16. The number of urea groups is 1. The number of nitrogens with zero attached hydrogens (tertiary/aromatic N) is 2. The smallest absolute Gasteiger partial charge is 0.325 e. The molecule has 1 aliphatic carbocycles. The Balaban J connectivity index is 1.75. The molecular formula is C15H20N4O2. The predicted octanol–water partition coefficient (Wildman–Crippen LogP) is 1.88. The number of nitrogens with one attached hydrogen (secondary N) is 2. The SMILES string of the molecule is CNc1ccc(CN2C(=O)NC3(CCCCC3)C2=O)cn1. The molecule has 2 heterocycles. The molecule has 1 aromatic heterocycles. The highest BCUT2D eigenvalue weighted by molar-refractivity contribution is 6.07. The van der Waals surface area contributed by atoms with Crippen LogP contribution >= 0.6 is 0 Å². The molecule has 2 fully saturated rings. The van der Waals surface area contributed by atoms with E-state index in [1.54, 1.807) is 13.2 Å². The van der Waals surface area contributed by atoms with Gasteiger partial charge in [0.1, 0.15) is 11.4 Å². The van der Waals surface area contributed by atoms with E-state index in [9.17, 15) is 9.59 Å². The number of carbonyl (C=O) groups is 2. The molecule has 1 saturated heterocycles. The van der Waals surface area contributed by atoms with Gasteiger partial charge in [-0.25, -0.2) is 9.78 Å². The maximum atomic E-state index is 12.6. The van der Waals surface area contributed by atoms with Gasteiger partial charge in [-0.05, 0) is 24.5 Å². The largest absolute Gasteiger partial charge is 0.373 e. The lowest BCUT2D eigenvalue weighted by molar-refractivity contribution is -0.132. The van der Waals surface area contributed by atoms with E-state index in [0.29, 0.717) is 0 Å². The number of amides is 3. The zero-order chi connectivity index (χ0) is 14.9. The summed E-state index contributed by atoms with van der Waals surface area (Å²) in [5.41, 5.74) is 0.207. The molecule has 6 nitrogen and oxygen atoms in total. The first-order valence-electron chi connectivity index (χ1n) is 7.41. The van der Waals surface area contributed by atoms with Crippen LogP contribution in [0.15, 0.2) is 18.3 Å². The van der Waals surface area contributed by atoms with E-state index in [1.165, 1.54) is 4.90 Å². The molecule has 3 rings (SSSR count). The Hall–Kier alpha value is -2.11. The average Bonchev–Trinajstić information content (AvgIpc) is 2.73. The van der Waals surface area contributed by atoms with Crippen molar-refractivity contribution in [2.45, 2.75) is 44.2 Å². The third-order valence-corrected chi connectivity index (χ3v) is 4.37. The highest BCUT2D eigenvalue weighted by atomic mass is 16.2. The van der Waals surface area contributed by atoms with Crippen molar-refractivity contribution in [2.24, 2.45) is 0 Å². The van der Waals surface area contributed by atoms with Crippen molar-refractivity contribution < 1.29 is 9.59 Å². The van der Waals surface area contributed by atoms with E-state index in [0.717, 1.165) is 43.5 Å². The number of hydrogen-bond acceptors (Lipinski definition) is 4. The highest BCUT2D eigenvalue weighted by Crippen LogP contribution is 2.34. The molecule has 0 atom stereocenters. The molecular weight excluding hydrogens is 268 g/mol. The summed E-state index contributed by atoms with van der Waals surface area (Å²) < 4.78 is 0. The third-order valence-electron chi connectivity index (χ3n) is 4.37. The van der Waals surface area contributed by atoms with Crippen LogP contribution in [0.4, 0.5) is 10.6 Å². The van der Waals surface area contributed by atoms with Gasteiger partial charge in [-0.2, -0.15) is 0 Å². The number of aromatic nitrogens is 1. The van der Waals surface area contributed by atoms with Gasteiger partial charge in [0.25, 0.3) is 5.91 Å². The molecule has 0 bridgehead atoms. The van der Waals surface area contributed by atoms with Crippen molar-refractivity contribution in [2.75, 3.05) is 12.4 Å². The summed E-state index contributed by atoms with van der Waals surface area (Å²) in [6, 6.07) is 3.44. The van der Waals surface area contributed by atoms with Crippen molar-refractivity contribution >= 4 is 17.8 Å². The topological polar surface area (TPSA) is 74.3 Å². The molecule has 2 aliphatic rings. The van der Waals surface area contributed by atoms with Crippen molar-refractivity contribution in [1.29, 1.82) is 0 Å². The van der Waals surface area contributed by atoms with E-state index >= 15 is 0 Å². The first-order valence-corrected chi connectivity index (χ1v) is 7.41. The van der Waals surface area contributed by atoms with E-state index in [1.807, 2.05) is 12.1 Å². The van der Waals surface area contributed by atoms with Gasteiger partial charge in [0.05, 0.1) is 6.54 Å². The standard InChI is InChI=1S/C15H20N4O2/c1-16-12-6-5-11(9-17-12)10-19-13(20)15(18-14(19)21)7-3-2-4-8-15/h5-6,9H,2-4,7-8,10H2,1H3,(H,16,17)(H,18,21). The molecule has 112 valence electrons. The number of hydrogen-bond donors (Lipinski definition) is 2. The summed E-state index contributed by atoms with van der Waals surface area (Å²) in [7, 11) is 1.80. The van der Waals surface area contributed by atoms with E-state index in [2.05, 4.69) is 15.6 Å². The third kappa shape index (κ3) is 2.46. The van der Waals surface area contributed by atoms with Gasteiger partial charge in [-0.15, -0.1) is 0 Å². The first-order chi connectivity index (χ1) is 10.1. The van der Waals surface area contributed by atoms with Gasteiger partial charge in [0, 0.05) is 13.2 Å². The molecule has 0 aromatic carbocycles. The van der Waals surface area contributed by atoms with Gasteiger partial charge in [0.2, 0.25) is 0 Å². The normalized spacial score (nSPS) is 20.7. The van der Waals surface area contributed by atoms with Crippen LogP contribution in [0.2, 0.25) is 0 Å². The summed E-state index contributed by atoms with van der Waals surface area (Å²) in [4.78, 5) is 30.3. The Kier molecular flexibility index (Phi) is 3.53. The monoisotopic (exact) mass is 288 g/mol. The van der Waals surface area contributed by atoms with Gasteiger partial charge in [-0.3, -0.25) is 9.69 Å². The van der Waals surface area contributed by atoms with Gasteiger partial charge >= 0.3 is 6.03 Å². The van der Waals surface area contributed by atoms with Crippen molar-refractivity contribution in [3.63, 3.8) is 0 Å². The molecule has 21 heavy (non-hydrogen) atoms. The Morgan fingerprint density at radius 1 is 1.29 bits per heavy atom. The van der Waals surface area contributed by atoms with Crippen molar-refractivity contribution in [3.8, 4) is 0 Å². The number of imide groups is 1. The number of pyridine rings is 1. The van der Waals surface area contributed by atoms with E-state index in [4.69, 9.17) is 0 Å². The van der Waals surface area contributed by atoms with Crippen LogP contribution in [0.3, 0.4) is 0 Å². The predicted molar refractivity (Wildman–Crippen MR) is 78.7 cm³/mol. The fraction of sp³-hybridized carbons (Fsp3) is 0.533. The van der Waals surface area contributed by atoms with Crippen molar-refractivity contribution in [1.82, 2.24) is 15.2 Å². The maximum absolute atomic E-state index is 12.6. The minimum atomic E-state index is -0.645. The molecule has 1 aliphatic heterocycles. The zero-order valence-corrected chi connectivity index (χ0v) is 12.2. The lowest BCUT2D eigenvalue weighted by Crippen LogP contribution is -2.48. The molecule has 0 radical (unpaired) electrons. The zero-order valence-electron chi connectivity index (χ0n) is 12.2. The quantitative estimate of drug-likeness (QED) is 0.833. The Labute approximate surface area is 123 Å². The summed E-state index contributed by atoms with van der Waals surface area (Å²) in [6.45, 7) is 0.281. The summed E-state index contributed by atoms with van der Waals surface area (Å²) in [6.07, 6.45) is 6.34. The van der Waals surface area contributed by atoms with E-state index in [-0.39, 0.29) is 18.5 Å². The average molecular weight is 288 g/mol. The minimum Gasteiger partial charge on any atom is -0.373 e. The second kappa shape index (κ2) is 5.35. The van der Waals surface area contributed by atoms with Crippen LogP contribution in [0, 0.1) is 0 Å². The van der Waals surface area contributed by atoms with Crippen molar-refractivity contribution in [3.05, 3.63) is 23.9 Å². The van der Waals surface area contributed by atoms with Gasteiger partial charge in [-0.1, -0.05) is 25.3 Å². The van der Waals surface area contributed by atoms with E-state index < -0.39 is 5.54 Å².